The Morgan fingerprint density at radius 3 is 2.91 bits per heavy atom. The molecule has 0 unspecified atom stereocenters. The van der Waals surface area contributed by atoms with Crippen LogP contribution < -0.4 is 5.32 Å². The topological polar surface area (TPSA) is 84.7 Å². The van der Waals surface area contributed by atoms with Gasteiger partial charge in [-0.25, -0.2) is 0 Å². The van der Waals surface area contributed by atoms with E-state index in [9.17, 15) is 14.9 Å². The van der Waals surface area contributed by atoms with E-state index in [1.54, 1.807) is 18.2 Å². The molecule has 1 fully saturated rings. The summed E-state index contributed by atoms with van der Waals surface area (Å²) in [4.78, 5) is 24.3. The van der Waals surface area contributed by atoms with Crippen molar-refractivity contribution in [3.05, 3.63) is 46.0 Å². The molecule has 1 aromatic rings. The highest BCUT2D eigenvalue weighted by Gasteiger charge is 2.09. The number of amides is 1. The van der Waals surface area contributed by atoms with Crippen LogP contribution in [0.4, 0.5) is 5.69 Å². The van der Waals surface area contributed by atoms with Gasteiger partial charge in [-0.2, -0.15) is 0 Å². The summed E-state index contributed by atoms with van der Waals surface area (Å²) in [7, 11) is 0. The van der Waals surface area contributed by atoms with Gasteiger partial charge in [0.25, 0.3) is 5.69 Å². The van der Waals surface area contributed by atoms with Crippen LogP contribution in [-0.4, -0.2) is 55.1 Å². The summed E-state index contributed by atoms with van der Waals surface area (Å²) < 4.78 is 5.28. The lowest BCUT2D eigenvalue weighted by Crippen LogP contribution is -2.38. The van der Waals surface area contributed by atoms with Gasteiger partial charge in [0.05, 0.1) is 18.1 Å². The van der Waals surface area contributed by atoms with Crippen LogP contribution in [0.2, 0.25) is 0 Å². The van der Waals surface area contributed by atoms with Crippen LogP contribution in [0.3, 0.4) is 0 Å². The van der Waals surface area contributed by atoms with Crippen molar-refractivity contribution >= 4 is 17.7 Å². The minimum atomic E-state index is -0.455. The zero-order chi connectivity index (χ0) is 16.5. The molecule has 1 heterocycles. The Bertz CT molecular complexity index is 568. The summed E-state index contributed by atoms with van der Waals surface area (Å²) in [5, 5.41) is 13.5. The number of ether oxygens (including phenoxy) is 1. The number of hydrogen-bond acceptors (Lipinski definition) is 5. The molecule has 7 heteroatoms. The Balaban J connectivity index is 1.69. The van der Waals surface area contributed by atoms with Gasteiger partial charge in [0.15, 0.2) is 0 Å². The molecule has 0 saturated carbocycles. The van der Waals surface area contributed by atoms with Crippen molar-refractivity contribution in [3.63, 3.8) is 0 Å². The van der Waals surface area contributed by atoms with E-state index in [-0.39, 0.29) is 11.6 Å². The van der Waals surface area contributed by atoms with Crippen molar-refractivity contribution in [2.75, 3.05) is 39.4 Å². The van der Waals surface area contributed by atoms with E-state index in [0.29, 0.717) is 12.1 Å². The molecule has 2 rings (SSSR count). The van der Waals surface area contributed by atoms with E-state index < -0.39 is 4.92 Å². The summed E-state index contributed by atoms with van der Waals surface area (Å²) in [5.74, 6) is -0.196. The number of carbonyl (C=O) groups excluding carboxylic acids is 1. The number of benzene rings is 1. The second-order valence-electron chi connectivity index (χ2n) is 5.28. The van der Waals surface area contributed by atoms with Crippen molar-refractivity contribution < 1.29 is 14.5 Å². The molecule has 0 radical (unpaired) electrons. The quantitative estimate of drug-likeness (QED) is 0.356. The molecule has 1 saturated heterocycles. The summed E-state index contributed by atoms with van der Waals surface area (Å²) in [5.41, 5.74) is 0.640. The fourth-order valence-electron chi connectivity index (χ4n) is 2.31. The van der Waals surface area contributed by atoms with E-state index >= 15 is 0 Å². The van der Waals surface area contributed by atoms with Gasteiger partial charge in [0.2, 0.25) is 5.91 Å². The molecule has 0 atom stereocenters. The third kappa shape index (κ3) is 6.17. The van der Waals surface area contributed by atoms with E-state index in [4.69, 9.17) is 4.74 Å². The SMILES string of the molecule is O=C(C=Cc1cccc([N+](=O)[O-])c1)NCCCN1CCOCC1. The number of nitro groups is 1. The predicted octanol–water partition coefficient (Wildman–Crippen LogP) is 1.45. The van der Waals surface area contributed by atoms with Crippen LogP contribution in [0, 0.1) is 10.1 Å². The van der Waals surface area contributed by atoms with E-state index in [1.807, 2.05) is 0 Å². The van der Waals surface area contributed by atoms with Gasteiger partial charge in [-0.1, -0.05) is 12.1 Å². The minimum Gasteiger partial charge on any atom is -0.379 e. The van der Waals surface area contributed by atoms with Gasteiger partial charge in [0.1, 0.15) is 0 Å². The van der Waals surface area contributed by atoms with E-state index in [1.165, 1.54) is 18.2 Å². The number of carbonyl (C=O) groups is 1. The maximum absolute atomic E-state index is 11.7. The monoisotopic (exact) mass is 319 g/mol. The maximum atomic E-state index is 11.7. The zero-order valence-corrected chi connectivity index (χ0v) is 12.9. The lowest BCUT2D eigenvalue weighted by Gasteiger charge is -2.26. The standard InChI is InChI=1S/C16H21N3O4/c20-16(17-7-2-8-18-9-11-23-12-10-18)6-5-14-3-1-4-15(13-14)19(21)22/h1,3-6,13H,2,7-12H2,(H,17,20). The van der Waals surface area contributed by atoms with Crippen LogP contribution in [0.1, 0.15) is 12.0 Å². The molecule has 1 N–H and O–H groups in total. The summed E-state index contributed by atoms with van der Waals surface area (Å²) in [6, 6.07) is 6.17. The Morgan fingerprint density at radius 1 is 1.39 bits per heavy atom. The van der Waals surface area contributed by atoms with Gasteiger partial charge >= 0.3 is 0 Å². The number of rotatable bonds is 7. The highest BCUT2D eigenvalue weighted by atomic mass is 16.6. The smallest absolute Gasteiger partial charge is 0.270 e. The maximum Gasteiger partial charge on any atom is 0.270 e. The molecule has 124 valence electrons. The lowest BCUT2D eigenvalue weighted by atomic mass is 10.2. The number of nitro benzene ring substituents is 1. The Labute approximate surface area is 135 Å². The number of nitrogens with zero attached hydrogens (tertiary/aromatic N) is 2. The first-order valence-electron chi connectivity index (χ1n) is 7.65. The number of hydrogen-bond donors (Lipinski definition) is 1. The first kappa shape index (κ1) is 17.1. The highest BCUT2D eigenvalue weighted by molar-refractivity contribution is 5.91. The third-order valence-electron chi connectivity index (χ3n) is 3.56. The van der Waals surface area contributed by atoms with Crippen LogP contribution in [0.5, 0.6) is 0 Å². The molecule has 1 aliphatic heterocycles. The van der Waals surface area contributed by atoms with Crippen LogP contribution in [0.25, 0.3) is 6.08 Å². The minimum absolute atomic E-state index is 0.0121. The first-order valence-corrected chi connectivity index (χ1v) is 7.65. The van der Waals surface area contributed by atoms with Crippen LogP contribution >= 0.6 is 0 Å². The second kappa shape index (κ2) is 9.02. The average molecular weight is 319 g/mol. The van der Waals surface area contributed by atoms with Crippen LogP contribution in [0.15, 0.2) is 30.3 Å². The fourth-order valence-corrected chi connectivity index (χ4v) is 2.31. The molecular weight excluding hydrogens is 298 g/mol. The Hall–Kier alpha value is -2.25. The number of nitrogens with one attached hydrogen (secondary N) is 1. The Kier molecular flexibility index (Phi) is 6.71. The van der Waals surface area contributed by atoms with Crippen molar-refractivity contribution in [1.82, 2.24) is 10.2 Å². The summed E-state index contributed by atoms with van der Waals surface area (Å²) in [6.07, 6.45) is 3.86. The van der Waals surface area contributed by atoms with Gasteiger partial charge in [-0.05, 0) is 24.6 Å². The zero-order valence-electron chi connectivity index (χ0n) is 12.9. The van der Waals surface area contributed by atoms with E-state index in [0.717, 1.165) is 39.3 Å². The predicted molar refractivity (Wildman–Crippen MR) is 87.0 cm³/mol. The number of morpholine rings is 1. The second-order valence-corrected chi connectivity index (χ2v) is 5.28. The molecular formula is C16H21N3O4. The molecule has 0 aromatic heterocycles. The molecule has 23 heavy (non-hydrogen) atoms. The van der Waals surface area contributed by atoms with Gasteiger partial charge in [0, 0.05) is 37.8 Å². The molecule has 1 aromatic carbocycles. The average Bonchev–Trinajstić information content (AvgIpc) is 2.58. The Morgan fingerprint density at radius 2 is 2.17 bits per heavy atom. The fraction of sp³-hybridized carbons (Fsp3) is 0.438. The van der Waals surface area contributed by atoms with Crippen molar-refractivity contribution in [1.29, 1.82) is 0 Å². The molecule has 1 aliphatic rings. The van der Waals surface area contributed by atoms with Gasteiger partial charge < -0.3 is 10.1 Å². The van der Waals surface area contributed by atoms with Crippen molar-refractivity contribution in [2.45, 2.75) is 6.42 Å². The highest BCUT2D eigenvalue weighted by Crippen LogP contribution is 2.13. The third-order valence-corrected chi connectivity index (χ3v) is 3.56. The molecule has 0 aliphatic carbocycles. The molecule has 7 nitrogen and oxygen atoms in total. The lowest BCUT2D eigenvalue weighted by molar-refractivity contribution is -0.384. The first-order chi connectivity index (χ1) is 11.1. The molecule has 0 bridgehead atoms. The molecule has 1 amide bonds. The van der Waals surface area contributed by atoms with E-state index in [2.05, 4.69) is 10.2 Å². The normalized spacial score (nSPS) is 15.7. The van der Waals surface area contributed by atoms with Gasteiger partial charge in [-0.3, -0.25) is 19.8 Å². The largest absolute Gasteiger partial charge is 0.379 e. The summed E-state index contributed by atoms with van der Waals surface area (Å²) >= 11 is 0. The summed E-state index contributed by atoms with van der Waals surface area (Å²) in [6.45, 7) is 4.99. The van der Waals surface area contributed by atoms with Crippen molar-refractivity contribution in [3.8, 4) is 0 Å². The van der Waals surface area contributed by atoms with Crippen molar-refractivity contribution in [2.24, 2.45) is 0 Å². The number of non-ortho nitro benzene ring substituents is 1. The molecule has 0 spiro atoms. The van der Waals surface area contributed by atoms with Crippen LogP contribution in [-0.2, 0) is 9.53 Å². The van der Waals surface area contributed by atoms with Gasteiger partial charge in [-0.15, -0.1) is 0 Å².